The summed E-state index contributed by atoms with van der Waals surface area (Å²) in [5.41, 5.74) is 2.96. The number of aromatic nitrogens is 2. The Morgan fingerprint density at radius 3 is 2.72 bits per heavy atom. The average Bonchev–Trinajstić information content (AvgIpc) is 3.02. The van der Waals surface area contributed by atoms with Crippen LogP contribution < -0.4 is 15.8 Å². The van der Waals surface area contributed by atoms with Crippen LogP contribution in [-0.2, 0) is 23.1 Å². The maximum atomic E-state index is 11.5. The average molecular weight is 415 g/mol. The highest BCUT2D eigenvalue weighted by Crippen LogP contribution is 2.15. The predicted molar refractivity (Wildman–Crippen MR) is 115 cm³/mol. The van der Waals surface area contributed by atoms with E-state index < -0.39 is 10.0 Å². The first kappa shape index (κ1) is 20.8. The Bertz CT molecular complexity index is 1120. The second-order valence-electron chi connectivity index (χ2n) is 6.70. The summed E-state index contributed by atoms with van der Waals surface area (Å²) in [5, 5.41) is 11.6. The summed E-state index contributed by atoms with van der Waals surface area (Å²) in [4.78, 5) is 8.89. The van der Waals surface area contributed by atoms with E-state index in [2.05, 4.69) is 31.2 Å². The van der Waals surface area contributed by atoms with E-state index in [9.17, 15) is 8.42 Å². The molecule has 0 aliphatic rings. The molecule has 0 saturated heterocycles. The third kappa shape index (κ3) is 5.33. The van der Waals surface area contributed by atoms with Gasteiger partial charge in [0.15, 0.2) is 5.96 Å². The van der Waals surface area contributed by atoms with E-state index in [1.807, 2.05) is 31.2 Å². The van der Waals surface area contributed by atoms with Crippen LogP contribution in [0.5, 0.6) is 0 Å². The molecule has 0 atom stereocenters. The van der Waals surface area contributed by atoms with Gasteiger partial charge < -0.3 is 15.2 Å². The second kappa shape index (κ2) is 9.06. The van der Waals surface area contributed by atoms with Crippen molar-refractivity contribution in [1.29, 1.82) is 0 Å². The molecule has 0 amide bonds. The Morgan fingerprint density at radius 2 is 1.97 bits per heavy atom. The van der Waals surface area contributed by atoms with Gasteiger partial charge in [-0.3, -0.25) is 4.99 Å². The molecular weight excluding hydrogens is 388 g/mol. The molecule has 4 N–H and O–H groups in total. The zero-order valence-electron chi connectivity index (χ0n) is 16.6. The van der Waals surface area contributed by atoms with Gasteiger partial charge in [-0.2, -0.15) is 0 Å². The molecule has 1 heterocycles. The predicted octanol–water partition coefficient (Wildman–Crippen LogP) is 1.75. The summed E-state index contributed by atoms with van der Waals surface area (Å²) in [7, 11) is -2.01. The van der Waals surface area contributed by atoms with Crippen molar-refractivity contribution in [3.8, 4) is 0 Å². The molecule has 0 aliphatic heterocycles. The standard InChI is InChI=1S/C20H26N6O2S/c1-15-25-18-9-3-4-10-19(18)26(15)12-6-11-23-20(22-2)24-14-16-7-5-8-17(13-16)29(21,27)28/h3-5,7-10,13H,6,11-12,14H2,1-2H3,(H2,21,27,28)(H2,22,23,24). The summed E-state index contributed by atoms with van der Waals surface area (Å²) in [5.74, 6) is 1.65. The monoisotopic (exact) mass is 414 g/mol. The molecule has 1 aromatic heterocycles. The lowest BCUT2D eigenvalue weighted by atomic mass is 10.2. The first-order valence-electron chi connectivity index (χ1n) is 9.36. The van der Waals surface area contributed by atoms with Gasteiger partial charge in [-0.25, -0.2) is 18.5 Å². The van der Waals surface area contributed by atoms with Gasteiger partial charge in [0.25, 0.3) is 0 Å². The van der Waals surface area contributed by atoms with E-state index >= 15 is 0 Å². The van der Waals surface area contributed by atoms with Crippen LogP contribution in [0.1, 0.15) is 17.8 Å². The smallest absolute Gasteiger partial charge is 0.238 e. The molecule has 2 aromatic carbocycles. The number of nitrogens with zero attached hydrogens (tertiary/aromatic N) is 3. The molecule has 9 heteroatoms. The van der Waals surface area contributed by atoms with E-state index in [0.717, 1.165) is 41.9 Å². The summed E-state index contributed by atoms with van der Waals surface area (Å²) in [6, 6.07) is 14.7. The largest absolute Gasteiger partial charge is 0.356 e. The van der Waals surface area contributed by atoms with E-state index in [-0.39, 0.29) is 4.90 Å². The SMILES string of the molecule is CN=C(NCCCn1c(C)nc2ccccc21)NCc1cccc(S(N)(=O)=O)c1. The van der Waals surface area contributed by atoms with E-state index in [1.165, 1.54) is 6.07 Å². The molecule has 0 radical (unpaired) electrons. The molecule has 0 saturated carbocycles. The molecule has 0 fully saturated rings. The van der Waals surface area contributed by atoms with Gasteiger partial charge in [-0.1, -0.05) is 24.3 Å². The van der Waals surface area contributed by atoms with Gasteiger partial charge in [0, 0.05) is 26.7 Å². The third-order valence-corrected chi connectivity index (χ3v) is 5.52. The molecule has 154 valence electrons. The molecular formula is C20H26N6O2S. The number of primary sulfonamides is 1. The summed E-state index contributed by atoms with van der Waals surface area (Å²) in [6.07, 6.45) is 0.906. The van der Waals surface area contributed by atoms with Crippen molar-refractivity contribution in [2.45, 2.75) is 31.3 Å². The minimum absolute atomic E-state index is 0.0997. The highest BCUT2D eigenvalue weighted by molar-refractivity contribution is 7.89. The number of aryl methyl sites for hydroxylation is 2. The Hall–Kier alpha value is -2.91. The number of benzene rings is 2. The Morgan fingerprint density at radius 1 is 1.17 bits per heavy atom. The van der Waals surface area contributed by atoms with Crippen molar-refractivity contribution < 1.29 is 8.42 Å². The van der Waals surface area contributed by atoms with E-state index in [4.69, 9.17) is 5.14 Å². The van der Waals surface area contributed by atoms with Gasteiger partial charge >= 0.3 is 0 Å². The van der Waals surface area contributed by atoms with Crippen molar-refractivity contribution >= 4 is 27.0 Å². The Kier molecular flexibility index (Phi) is 6.50. The molecule has 3 rings (SSSR count). The van der Waals surface area contributed by atoms with Crippen LogP contribution in [0.2, 0.25) is 0 Å². The highest BCUT2D eigenvalue weighted by Gasteiger charge is 2.09. The van der Waals surface area contributed by atoms with Crippen molar-refractivity contribution in [2.24, 2.45) is 10.1 Å². The van der Waals surface area contributed by atoms with Crippen LogP contribution in [0.25, 0.3) is 11.0 Å². The minimum atomic E-state index is -3.71. The number of nitrogens with one attached hydrogen (secondary N) is 2. The molecule has 0 bridgehead atoms. The fourth-order valence-electron chi connectivity index (χ4n) is 3.16. The fraction of sp³-hybridized carbons (Fsp3) is 0.300. The van der Waals surface area contributed by atoms with Crippen LogP contribution >= 0.6 is 0 Å². The quantitative estimate of drug-likeness (QED) is 0.310. The first-order valence-corrected chi connectivity index (χ1v) is 10.9. The molecule has 3 aromatic rings. The zero-order chi connectivity index (χ0) is 20.9. The normalized spacial score (nSPS) is 12.3. The number of para-hydroxylation sites is 2. The molecule has 29 heavy (non-hydrogen) atoms. The number of rotatable bonds is 7. The van der Waals surface area contributed by atoms with Crippen molar-refractivity contribution in [2.75, 3.05) is 13.6 Å². The lowest BCUT2D eigenvalue weighted by Crippen LogP contribution is -2.37. The van der Waals surface area contributed by atoms with Gasteiger partial charge in [0.05, 0.1) is 15.9 Å². The molecule has 0 spiro atoms. The van der Waals surface area contributed by atoms with Crippen LogP contribution in [-0.4, -0.2) is 37.5 Å². The number of sulfonamides is 1. The Labute approximate surface area is 170 Å². The van der Waals surface area contributed by atoms with Crippen molar-refractivity contribution in [3.05, 3.63) is 59.9 Å². The minimum Gasteiger partial charge on any atom is -0.356 e. The van der Waals surface area contributed by atoms with Crippen LogP contribution in [0, 0.1) is 6.92 Å². The first-order chi connectivity index (χ1) is 13.9. The maximum absolute atomic E-state index is 11.5. The highest BCUT2D eigenvalue weighted by atomic mass is 32.2. The van der Waals surface area contributed by atoms with E-state index in [0.29, 0.717) is 12.5 Å². The Balaban J connectivity index is 1.50. The number of imidazole rings is 1. The fourth-order valence-corrected chi connectivity index (χ4v) is 3.74. The van der Waals surface area contributed by atoms with Gasteiger partial charge in [-0.15, -0.1) is 0 Å². The van der Waals surface area contributed by atoms with E-state index in [1.54, 1.807) is 19.2 Å². The number of hydrogen-bond donors (Lipinski definition) is 3. The van der Waals surface area contributed by atoms with Gasteiger partial charge in [0.1, 0.15) is 5.82 Å². The maximum Gasteiger partial charge on any atom is 0.238 e. The summed E-state index contributed by atoms with van der Waals surface area (Å²) in [6.45, 7) is 4.05. The molecule has 0 aliphatic carbocycles. The number of guanidine groups is 1. The molecule has 0 unspecified atom stereocenters. The second-order valence-corrected chi connectivity index (χ2v) is 8.26. The van der Waals surface area contributed by atoms with Crippen LogP contribution in [0.4, 0.5) is 0 Å². The third-order valence-electron chi connectivity index (χ3n) is 4.61. The molecule has 8 nitrogen and oxygen atoms in total. The number of aliphatic imine (C=N–C) groups is 1. The summed E-state index contributed by atoms with van der Waals surface area (Å²) < 4.78 is 25.2. The lowest BCUT2D eigenvalue weighted by molar-refractivity contribution is 0.597. The topological polar surface area (TPSA) is 114 Å². The van der Waals surface area contributed by atoms with Gasteiger partial charge in [0.2, 0.25) is 10.0 Å². The number of hydrogen-bond acceptors (Lipinski definition) is 4. The number of nitrogens with two attached hydrogens (primary N) is 1. The van der Waals surface area contributed by atoms with Crippen LogP contribution in [0.15, 0.2) is 58.4 Å². The summed E-state index contributed by atoms with van der Waals surface area (Å²) >= 11 is 0. The lowest BCUT2D eigenvalue weighted by Gasteiger charge is -2.13. The number of fused-ring (bicyclic) bond motifs is 1. The zero-order valence-corrected chi connectivity index (χ0v) is 17.4. The van der Waals surface area contributed by atoms with Crippen molar-refractivity contribution in [1.82, 2.24) is 20.2 Å². The van der Waals surface area contributed by atoms with Crippen LogP contribution in [0.3, 0.4) is 0 Å². The van der Waals surface area contributed by atoms with Crippen molar-refractivity contribution in [3.63, 3.8) is 0 Å². The van der Waals surface area contributed by atoms with Gasteiger partial charge in [-0.05, 0) is 43.2 Å².